The molecule has 7 heteroatoms. The van der Waals surface area contributed by atoms with Crippen LogP contribution >= 0.6 is 11.3 Å². The van der Waals surface area contributed by atoms with Crippen molar-refractivity contribution in [3.8, 4) is 50.6 Å². The van der Waals surface area contributed by atoms with Crippen LogP contribution in [0.4, 0.5) is 0 Å². The molecule has 4 aromatic heterocycles. The van der Waals surface area contributed by atoms with Crippen molar-refractivity contribution in [2.45, 2.75) is 46.3 Å². The number of imidazole rings is 1. The van der Waals surface area contributed by atoms with Crippen LogP contribution in [0, 0.1) is 19.1 Å². The van der Waals surface area contributed by atoms with Crippen LogP contribution in [0.5, 0.6) is 0 Å². The maximum Gasteiger partial charge on any atom is 0.113 e. The second-order valence-corrected chi connectivity index (χ2v) is 22.4. The van der Waals surface area contributed by atoms with Gasteiger partial charge in [-0.1, -0.05) is 153 Å². The zero-order valence-corrected chi connectivity index (χ0v) is 39.3. The normalized spacial score (nSPS) is 11.9. The van der Waals surface area contributed by atoms with Gasteiger partial charge in [-0.15, -0.1) is 54.1 Å². The summed E-state index contributed by atoms with van der Waals surface area (Å²) < 4.78 is 11.9. The molecule has 0 bridgehead atoms. The fraction of sp³-hybridized carbons (Fsp3) is 0.130. The maximum absolute atomic E-state index is 8.44. The van der Waals surface area contributed by atoms with Crippen molar-refractivity contribution < 1.29 is 21.5 Å². The first kappa shape index (κ1) is 40.6. The van der Waals surface area contributed by atoms with E-state index in [1.165, 1.54) is 16.0 Å². The molecule has 0 saturated carbocycles. The molecule has 0 spiro atoms. The summed E-state index contributed by atoms with van der Waals surface area (Å²) >= 11 is 1.72. The van der Waals surface area contributed by atoms with Gasteiger partial charge in [0.1, 0.15) is 4.83 Å². The van der Waals surface area contributed by atoms with Crippen LogP contribution in [0.1, 0.15) is 32.4 Å². The molecule has 0 aliphatic rings. The van der Waals surface area contributed by atoms with Crippen LogP contribution in [-0.2, 0) is 20.1 Å². The molecule has 303 valence electrons. The van der Waals surface area contributed by atoms with E-state index in [2.05, 4.69) is 169 Å². The van der Waals surface area contributed by atoms with E-state index in [9.17, 15) is 0 Å². The monoisotopic (exact) mass is 1000 g/mol. The molecule has 1 radical (unpaired) electrons. The fourth-order valence-corrected chi connectivity index (χ4v) is 10.7. The molecule has 10 aromatic rings. The van der Waals surface area contributed by atoms with Gasteiger partial charge in [0, 0.05) is 44.5 Å². The number of para-hydroxylation sites is 3. The van der Waals surface area contributed by atoms with Crippen LogP contribution in [0.3, 0.4) is 0 Å². The molecule has 0 N–H and O–H groups in total. The van der Waals surface area contributed by atoms with Crippen molar-refractivity contribution in [2.24, 2.45) is 0 Å². The van der Waals surface area contributed by atoms with E-state index in [1.54, 1.807) is 11.3 Å². The second kappa shape index (κ2) is 17.6. The standard InChI is InChI=1S/C37H24N3S.C17H22NSi.Ir/c1-24-22-23-30-29-18-11-19-31(35(29)41-37(30)38-24)36-39-32-20-8-9-21-33(32)40(36)34-27(25-12-4-2-5-13-25)16-10-17-28(34)26-14-6-3-7-15-26;1-13(2)15-11-16(14-9-7-6-8-10-14)18-12-17(15)19(3,4)5;/h2-18,20-23H,1H3;6-9,11-13H,1-5H3;/q2*-1;/i;13D;. The topological polar surface area (TPSA) is 43.6 Å². The van der Waals surface area contributed by atoms with Gasteiger partial charge in [-0.05, 0) is 63.1 Å². The summed E-state index contributed by atoms with van der Waals surface area (Å²) in [6.45, 7) is 12.8. The quantitative estimate of drug-likeness (QED) is 0.118. The van der Waals surface area contributed by atoms with Crippen molar-refractivity contribution >= 4 is 55.9 Å². The number of nitrogens with zero attached hydrogens (tertiary/aromatic N) is 4. The molecule has 10 rings (SSSR count). The van der Waals surface area contributed by atoms with Gasteiger partial charge in [0.2, 0.25) is 0 Å². The number of rotatable bonds is 7. The molecule has 0 saturated heterocycles. The number of hydrogen-bond acceptors (Lipinski definition) is 4. The molecule has 4 heterocycles. The summed E-state index contributed by atoms with van der Waals surface area (Å²) in [6.07, 6.45) is 1.98. The van der Waals surface area contributed by atoms with Gasteiger partial charge in [0.15, 0.2) is 0 Å². The Labute approximate surface area is 378 Å². The van der Waals surface area contributed by atoms with Gasteiger partial charge in [-0.3, -0.25) is 4.98 Å². The Morgan fingerprint density at radius 2 is 1.36 bits per heavy atom. The predicted octanol–water partition coefficient (Wildman–Crippen LogP) is 14.1. The van der Waals surface area contributed by atoms with Crippen LogP contribution in [0.25, 0.3) is 81.9 Å². The summed E-state index contributed by atoms with van der Waals surface area (Å²) in [6, 6.07) is 61.4. The predicted molar refractivity (Wildman–Crippen MR) is 257 cm³/mol. The summed E-state index contributed by atoms with van der Waals surface area (Å²) in [5.74, 6) is 0.267. The van der Waals surface area contributed by atoms with Crippen molar-refractivity contribution in [1.29, 1.82) is 0 Å². The third-order valence-electron chi connectivity index (χ3n) is 10.9. The van der Waals surface area contributed by atoms with E-state index < -0.39 is 14.0 Å². The third kappa shape index (κ3) is 8.32. The first-order valence-corrected chi connectivity index (χ1v) is 24.7. The van der Waals surface area contributed by atoms with Crippen LogP contribution in [0.15, 0.2) is 164 Å². The minimum absolute atomic E-state index is 0. The zero-order chi connectivity index (χ0) is 42.3. The summed E-state index contributed by atoms with van der Waals surface area (Å²) in [5.41, 5.74) is 12.7. The summed E-state index contributed by atoms with van der Waals surface area (Å²) in [5, 5.41) is 3.63. The fourth-order valence-electron chi connectivity index (χ4n) is 7.95. The van der Waals surface area contributed by atoms with Crippen LogP contribution < -0.4 is 5.19 Å². The van der Waals surface area contributed by atoms with Crippen molar-refractivity contribution in [1.82, 2.24) is 19.5 Å². The van der Waals surface area contributed by atoms with E-state index in [-0.39, 0.29) is 20.1 Å². The first-order chi connectivity index (χ1) is 29.5. The van der Waals surface area contributed by atoms with Gasteiger partial charge in [0.05, 0.1) is 30.6 Å². The minimum Gasteiger partial charge on any atom is -0.332 e. The third-order valence-corrected chi connectivity index (χ3v) is 14.0. The van der Waals surface area contributed by atoms with Crippen LogP contribution in [0.2, 0.25) is 19.6 Å². The van der Waals surface area contributed by atoms with E-state index >= 15 is 0 Å². The molecule has 0 aliphatic carbocycles. The average Bonchev–Trinajstić information content (AvgIpc) is 3.84. The van der Waals surface area contributed by atoms with E-state index in [0.29, 0.717) is 0 Å². The van der Waals surface area contributed by atoms with Gasteiger partial charge >= 0.3 is 0 Å². The summed E-state index contributed by atoms with van der Waals surface area (Å²) in [7, 11) is -1.50. The Morgan fingerprint density at radius 1 is 0.689 bits per heavy atom. The second-order valence-electron chi connectivity index (χ2n) is 16.3. The largest absolute Gasteiger partial charge is 0.332 e. The molecule has 4 nitrogen and oxygen atoms in total. The number of thiophene rings is 1. The van der Waals surface area contributed by atoms with Gasteiger partial charge in [-0.2, -0.15) is 11.3 Å². The molecule has 0 aliphatic heterocycles. The smallest absolute Gasteiger partial charge is 0.113 e. The Balaban J connectivity index is 0.000000214. The molecule has 0 amide bonds. The van der Waals surface area contributed by atoms with E-state index in [1.807, 2.05) is 57.3 Å². The average molecular weight is 1000 g/mol. The number of hydrogen-bond donors (Lipinski definition) is 0. The number of fused-ring (bicyclic) bond motifs is 4. The SMILES string of the molecule is Cc1ccc2c(n1)sc1c(-c3nc4ccccc4n3-c3c(-c4ccccc4)cccc3-c3ccccc3)[c-]ccc12.[2H]C(C)(C)c1cc(-c2[c-]cccc2)ncc1[Si](C)(C)C.[Ir]. The molecule has 61 heavy (non-hydrogen) atoms. The zero-order valence-electron chi connectivity index (χ0n) is 36.1. The Kier molecular flexibility index (Phi) is 11.7. The Morgan fingerprint density at radius 3 is 2.02 bits per heavy atom. The number of pyridine rings is 2. The summed E-state index contributed by atoms with van der Waals surface area (Å²) in [4.78, 5) is 15.8. The number of benzene rings is 6. The van der Waals surface area contributed by atoms with Crippen molar-refractivity contribution in [3.05, 3.63) is 187 Å². The molecule has 0 unspecified atom stereocenters. The Bertz CT molecular complexity index is 3110. The molecule has 0 atom stereocenters. The van der Waals surface area contributed by atoms with Crippen molar-refractivity contribution in [3.63, 3.8) is 0 Å². The number of aryl methyl sites for hydroxylation is 1. The van der Waals surface area contributed by atoms with E-state index in [0.717, 1.165) is 82.4 Å². The first-order valence-electron chi connectivity index (χ1n) is 20.9. The van der Waals surface area contributed by atoms with Crippen LogP contribution in [-0.4, -0.2) is 27.6 Å². The van der Waals surface area contributed by atoms with E-state index in [4.69, 9.17) is 11.3 Å². The molecule has 0 fully saturated rings. The Hall–Kier alpha value is -5.82. The van der Waals surface area contributed by atoms with Gasteiger partial charge in [-0.25, -0.2) is 4.98 Å². The molecule has 6 aromatic carbocycles. The maximum atomic E-state index is 8.44. The van der Waals surface area contributed by atoms with Crippen molar-refractivity contribution in [2.75, 3.05) is 0 Å². The number of aromatic nitrogens is 4. The van der Waals surface area contributed by atoms with Gasteiger partial charge in [0.25, 0.3) is 0 Å². The molecular formula is C54H46IrN4SSi-2. The molecular weight excluding hydrogens is 957 g/mol. The minimum atomic E-state index is -1.50. The van der Waals surface area contributed by atoms with Gasteiger partial charge < -0.3 is 9.55 Å².